The second-order valence-corrected chi connectivity index (χ2v) is 19.1. The smallest absolute Gasteiger partial charge is 0.416 e. The maximum atomic E-state index is 14.2. The summed E-state index contributed by atoms with van der Waals surface area (Å²) in [5.41, 5.74) is 10.1. The Kier molecular flexibility index (Phi) is 14.3. The van der Waals surface area contributed by atoms with Gasteiger partial charge in [0.2, 0.25) is 5.91 Å². The van der Waals surface area contributed by atoms with Gasteiger partial charge in [-0.3, -0.25) is 24.2 Å². The molecule has 4 heterocycles. The summed E-state index contributed by atoms with van der Waals surface area (Å²) in [7, 11) is 1.51. The van der Waals surface area contributed by atoms with Gasteiger partial charge in [-0.15, -0.1) is 0 Å². The molecule has 0 radical (unpaired) electrons. The van der Waals surface area contributed by atoms with Gasteiger partial charge in [-0.1, -0.05) is 38.1 Å². The van der Waals surface area contributed by atoms with E-state index in [4.69, 9.17) is 24.7 Å². The fourth-order valence-corrected chi connectivity index (χ4v) is 9.32. The fourth-order valence-electron chi connectivity index (χ4n) is 9.32. The van der Waals surface area contributed by atoms with E-state index in [-0.39, 0.29) is 71.8 Å². The monoisotopic (exact) mass is 934 g/mol. The van der Waals surface area contributed by atoms with Crippen LogP contribution >= 0.6 is 0 Å². The van der Waals surface area contributed by atoms with Gasteiger partial charge in [-0.05, 0) is 105 Å². The van der Waals surface area contributed by atoms with Crippen LogP contribution in [-0.4, -0.2) is 120 Å². The molecule has 0 bridgehead atoms. The molecule has 5 atom stereocenters. The number of nitrogens with one attached hydrogen (secondary N) is 1. The molecular weight excluding hydrogens is 873 g/mol. The Hall–Kier alpha value is -6.30. The third-order valence-electron chi connectivity index (χ3n) is 13.8. The Bertz CT molecular complexity index is 2500. The number of amides is 4. The van der Waals surface area contributed by atoms with Gasteiger partial charge in [-0.2, -0.15) is 0 Å². The highest BCUT2D eigenvalue weighted by molar-refractivity contribution is 6.06. The van der Waals surface area contributed by atoms with Crippen LogP contribution in [0.25, 0.3) is 0 Å². The first kappa shape index (κ1) is 48.2. The first-order valence-corrected chi connectivity index (χ1v) is 23.5. The third kappa shape index (κ3) is 10.1. The SMILES string of the molecule is COc1cc2c(cc1OCCCCCOc1cc3c(cc1C)C(=O)N1CC4(CC4)C[C@H]1C(O)N3C(=O)OCc1ccc(CC(=O)[C@H](C)NC(=O)[C@@H](N)C(C)C)cc1)N=C[C@@H]1CC(CO)=CN1C2=O. The lowest BCUT2D eigenvalue weighted by Crippen LogP contribution is -2.50. The lowest BCUT2D eigenvalue weighted by molar-refractivity contribution is -0.128. The molecule has 68 heavy (non-hydrogen) atoms. The molecule has 4 amide bonds. The highest BCUT2D eigenvalue weighted by Gasteiger charge is 2.58. The predicted molar refractivity (Wildman–Crippen MR) is 252 cm³/mol. The molecule has 17 nitrogen and oxygen atoms in total. The average molecular weight is 935 g/mol. The highest BCUT2D eigenvalue weighted by Crippen LogP contribution is 2.56. The van der Waals surface area contributed by atoms with E-state index in [0.717, 1.165) is 30.4 Å². The largest absolute Gasteiger partial charge is 0.493 e. The van der Waals surface area contributed by atoms with Gasteiger partial charge in [-0.25, -0.2) is 9.69 Å². The van der Waals surface area contributed by atoms with Gasteiger partial charge in [0, 0.05) is 37.5 Å². The number of carbonyl (C=O) groups excluding carboxylic acids is 5. The molecule has 1 spiro atoms. The number of ether oxygens (including phenoxy) is 4. The number of carbonyl (C=O) groups is 5. The number of unbranched alkanes of at least 4 members (excludes halogenated alkanes) is 2. The molecule has 0 aromatic heterocycles. The van der Waals surface area contributed by atoms with Gasteiger partial charge in [0.15, 0.2) is 23.5 Å². The van der Waals surface area contributed by atoms with Crippen LogP contribution in [0.3, 0.4) is 0 Å². The summed E-state index contributed by atoms with van der Waals surface area (Å²) in [6.45, 7) is 8.13. The minimum absolute atomic E-state index is 0.0474. The Balaban J connectivity index is 0.882. The number of benzene rings is 3. The van der Waals surface area contributed by atoms with Crippen molar-refractivity contribution >= 4 is 47.2 Å². The number of Topliss-reactive ketones (excluding diaryl/α,β-unsaturated/α-hetero) is 1. The number of aryl methyl sites for hydroxylation is 1. The molecule has 4 aliphatic heterocycles. The van der Waals surface area contributed by atoms with E-state index in [1.165, 1.54) is 12.0 Å². The molecule has 3 aromatic carbocycles. The van der Waals surface area contributed by atoms with Crippen LogP contribution in [0.5, 0.6) is 17.2 Å². The molecule has 1 unspecified atom stereocenters. The molecule has 2 fully saturated rings. The highest BCUT2D eigenvalue weighted by atomic mass is 16.6. The quantitative estimate of drug-likeness (QED) is 0.116. The summed E-state index contributed by atoms with van der Waals surface area (Å²) in [5.74, 6) is 0.249. The minimum Gasteiger partial charge on any atom is -0.493 e. The minimum atomic E-state index is -1.37. The summed E-state index contributed by atoms with van der Waals surface area (Å²) in [4.78, 5) is 76.1. The van der Waals surface area contributed by atoms with Crippen molar-refractivity contribution in [1.82, 2.24) is 15.1 Å². The molecule has 1 saturated carbocycles. The van der Waals surface area contributed by atoms with E-state index in [1.54, 1.807) is 77.7 Å². The van der Waals surface area contributed by atoms with E-state index in [1.807, 2.05) is 20.8 Å². The number of anilines is 1. The fraction of sp³-hybridized carbons (Fsp3) is 0.490. The average Bonchev–Trinajstić information content (AvgIpc) is 3.84. The van der Waals surface area contributed by atoms with E-state index in [9.17, 15) is 34.2 Å². The van der Waals surface area contributed by atoms with Crippen LogP contribution in [0.4, 0.5) is 16.2 Å². The van der Waals surface area contributed by atoms with Crippen molar-refractivity contribution in [3.8, 4) is 17.2 Å². The maximum absolute atomic E-state index is 14.2. The molecule has 3 aromatic rings. The van der Waals surface area contributed by atoms with Crippen molar-refractivity contribution in [3.63, 3.8) is 0 Å². The van der Waals surface area contributed by atoms with E-state index in [2.05, 4.69) is 10.3 Å². The molecule has 1 aliphatic carbocycles. The number of aliphatic hydroxyl groups is 2. The predicted octanol–water partition coefficient (Wildman–Crippen LogP) is 5.51. The molecule has 5 aliphatic rings. The Labute approximate surface area is 396 Å². The summed E-state index contributed by atoms with van der Waals surface area (Å²) in [6, 6.07) is 11.4. The number of aliphatic imine (C=N–C) groups is 1. The number of fused-ring (bicyclic) bond motifs is 4. The van der Waals surface area contributed by atoms with Crippen LogP contribution in [0.15, 0.2) is 65.3 Å². The summed E-state index contributed by atoms with van der Waals surface area (Å²) in [6.07, 6.45) is 6.43. The number of aliphatic hydroxyl groups excluding tert-OH is 2. The number of methoxy groups -OCH3 is 1. The lowest BCUT2D eigenvalue weighted by Gasteiger charge is -2.31. The molecule has 8 rings (SSSR count). The Morgan fingerprint density at radius 2 is 1.63 bits per heavy atom. The van der Waals surface area contributed by atoms with Crippen molar-refractivity contribution in [2.45, 2.75) is 116 Å². The van der Waals surface area contributed by atoms with Crippen molar-refractivity contribution in [2.75, 3.05) is 38.4 Å². The molecular formula is C51H62N6O11. The normalized spacial score (nSPS) is 20.7. The molecule has 362 valence electrons. The van der Waals surface area contributed by atoms with Gasteiger partial charge in [0.1, 0.15) is 12.4 Å². The van der Waals surface area contributed by atoms with E-state index in [0.29, 0.717) is 85.1 Å². The topological polar surface area (TPSA) is 223 Å². The zero-order valence-electron chi connectivity index (χ0n) is 39.4. The van der Waals surface area contributed by atoms with E-state index < -0.39 is 30.4 Å². The van der Waals surface area contributed by atoms with Gasteiger partial charge in [0.25, 0.3) is 11.8 Å². The number of hydrogen-bond acceptors (Lipinski definition) is 13. The van der Waals surface area contributed by atoms with Gasteiger partial charge in [0.05, 0.1) is 73.6 Å². The van der Waals surface area contributed by atoms with Crippen LogP contribution in [0, 0.1) is 18.3 Å². The first-order valence-electron chi connectivity index (χ1n) is 23.5. The number of nitrogens with two attached hydrogens (primary N) is 1. The third-order valence-corrected chi connectivity index (χ3v) is 13.8. The Morgan fingerprint density at radius 3 is 2.31 bits per heavy atom. The first-order chi connectivity index (χ1) is 32.6. The number of rotatable bonds is 18. The van der Waals surface area contributed by atoms with Crippen molar-refractivity contribution in [3.05, 3.63) is 88.1 Å². The second-order valence-electron chi connectivity index (χ2n) is 19.1. The van der Waals surface area contributed by atoms with Gasteiger partial charge < -0.3 is 50.0 Å². The standard InChI is InChI=1S/C51H62N6O11/c1-29(2)45(52)46(60)54-31(4)41(59)19-32-9-11-33(12-10-32)27-68-50(64)57-39-22-42(30(3)17-37(39)48(62)56-28-51(13-14-51)23-40(56)49(57)63)66-15-7-6-8-16-67-44-21-38-36(20-43(44)65-5)47(61)55-25-34(26-58)18-35(55)24-53-38/h9-12,17,20-22,24-25,29,31,35,40,45,49,58,63H,6-8,13-16,18-19,23,26-28,52H2,1-5H3,(H,54,60)/t31-,35-,40-,45-,49?/m0/s1. The van der Waals surface area contributed by atoms with Crippen molar-refractivity contribution in [2.24, 2.45) is 22.1 Å². The van der Waals surface area contributed by atoms with E-state index >= 15 is 0 Å². The summed E-state index contributed by atoms with van der Waals surface area (Å²) >= 11 is 0. The van der Waals surface area contributed by atoms with Crippen LogP contribution in [0.1, 0.15) is 103 Å². The van der Waals surface area contributed by atoms with Crippen LogP contribution in [-0.2, 0) is 27.4 Å². The van der Waals surface area contributed by atoms with Crippen molar-refractivity contribution in [1.29, 1.82) is 0 Å². The number of nitrogens with zero attached hydrogens (tertiary/aromatic N) is 4. The van der Waals surface area contributed by atoms with Crippen molar-refractivity contribution < 1.29 is 53.1 Å². The Morgan fingerprint density at radius 1 is 0.926 bits per heavy atom. The zero-order chi connectivity index (χ0) is 48.4. The zero-order valence-corrected chi connectivity index (χ0v) is 39.4. The van der Waals surface area contributed by atoms with Crippen LogP contribution in [0.2, 0.25) is 0 Å². The maximum Gasteiger partial charge on any atom is 0.416 e. The summed E-state index contributed by atoms with van der Waals surface area (Å²) < 4.78 is 23.8. The molecule has 1 saturated heterocycles. The van der Waals surface area contributed by atoms with Gasteiger partial charge >= 0.3 is 6.09 Å². The summed E-state index contributed by atoms with van der Waals surface area (Å²) in [5, 5.41) is 24.2. The lowest BCUT2D eigenvalue weighted by atomic mass is 10.0. The van der Waals surface area contributed by atoms with Crippen LogP contribution < -0.4 is 30.2 Å². The number of ketones is 1. The molecule has 5 N–H and O–H groups in total. The second kappa shape index (κ2) is 20.1. The molecule has 17 heteroatoms. The number of hydrogen-bond donors (Lipinski definition) is 4.